The first-order chi connectivity index (χ1) is 8.65. The Bertz CT molecular complexity index is 436. The molecule has 18 heavy (non-hydrogen) atoms. The minimum atomic E-state index is 0.530. The first-order valence-electron chi connectivity index (χ1n) is 6.39. The fourth-order valence-electron chi connectivity index (χ4n) is 2.57. The Kier molecular flexibility index (Phi) is 4.40. The number of hydrogen-bond donors (Lipinski definition) is 0. The van der Waals surface area contributed by atoms with E-state index in [1.165, 1.54) is 0 Å². The Balaban J connectivity index is 2.22. The van der Waals surface area contributed by atoms with E-state index >= 15 is 0 Å². The van der Waals surface area contributed by atoms with Gasteiger partial charge in [0.1, 0.15) is 0 Å². The lowest BCUT2D eigenvalue weighted by atomic mass is 10.1. The highest BCUT2D eigenvalue weighted by Gasteiger charge is 2.23. The predicted octanol–water partition coefficient (Wildman–Crippen LogP) is 2.79. The number of benzene rings is 1. The second-order valence-electron chi connectivity index (χ2n) is 4.74. The molecule has 98 valence electrons. The SMILES string of the molecule is CCN1CCN(c2cc(Br)ccc2C=O)CC1C. The average molecular weight is 311 g/mol. The molecule has 0 spiro atoms. The molecule has 0 aliphatic carbocycles. The first kappa shape index (κ1) is 13.6. The van der Waals surface area contributed by atoms with E-state index < -0.39 is 0 Å². The van der Waals surface area contributed by atoms with Gasteiger partial charge in [-0.15, -0.1) is 0 Å². The topological polar surface area (TPSA) is 23.6 Å². The third-order valence-corrected chi connectivity index (χ3v) is 4.12. The van der Waals surface area contributed by atoms with Gasteiger partial charge in [-0.2, -0.15) is 0 Å². The molecule has 0 radical (unpaired) electrons. The van der Waals surface area contributed by atoms with E-state index in [0.717, 1.165) is 48.2 Å². The van der Waals surface area contributed by atoms with Gasteiger partial charge in [-0.25, -0.2) is 0 Å². The highest BCUT2D eigenvalue weighted by Crippen LogP contribution is 2.26. The van der Waals surface area contributed by atoms with Crippen LogP contribution in [0.25, 0.3) is 0 Å². The zero-order chi connectivity index (χ0) is 13.1. The van der Waals surface area contributed by atoms with Crippen molar-refractivity contribution in [2.45, 2.75) is 19.9 Å². The van der Waals surface area contributed by atoms with Crippen molar-refractivity contribution in [2.24, 2.45) is 0 Å². The fraction of sp³-hybridized carbons (Fsp3) is 0.500. The number of carbonyl (C=O) groups excluding carboxylic acids is 1. The maximum Gasteiger partial charge on any atom is 0.152 e. The summed E-state index contributed by atoms with van der Waals surface area (Å²) < 4.78 is 1.02. The third kappa shape index (κ3) is 2.75. The Hall–Kier alpha value is -0.870. The van der Waals surface area contributed by atoms with E-state index in [1.807, 2.05) is 18.2 Å². The van der Waals surface area contributed by atoms with Crippen molar-refractivity contribution in [3.63, 3.8) is 0 Å². The zero-order valence-electron chi connectivity index (χ0n) is 10.9. The van der Waals surface area contributed by atoms with Crippen molar-refractivity contribution in [3.05, 3.63) is 28.2 Å². The van der Waals surface area contributed by atoms with E-state index in [4.69, 9.17) is 0 Å². The number of halogens is 1. The Labute approximate surface area is 117 Å². The number of carbonyl (C=O) groups is 1. The molecule has 1 aromatic rings. The van der Waals surface area contributed by atoms with Gasteiger partial charge in [0.05, 0.1) is 0 Å². The normalized spacial score (nSPS) is 21.1. The van der Waals surface area contributed by atoms with Gasteiger partial charge in [-0.3, -0.25) is 9.69 Å². The fourth-order valence-corrected chi connectivity index (χ4v) is 2.92. The molecule has 0 aromatic heterocycles. The summed E-state index contributed by atoms with van der Waals surface area (Å²) >= 11 is 3.48. The van der Waals surface area contributed by atoms with E-state index in [9.17, 15) is 4.79 Å². The molecule has 4 heteroatoms. The maximum atomic E-state index is 11.1. The minimum Gasteiger partial charge on any atom is -0.368 e. The van der Waals surface area contributed by atoms with Crippen molar-refractivity contribution >= 4 is 27.9 Å². The molecule has 1 atom stereocenters. The summed E-state index contributed by atoms with van der Waals surface area (Å²) in [6.07, 6.45) is 0.943. The number of aldehydes is 1. The molecule has 0 saturated carbocycles. The predicted molar refractivity (Wildman–Crippen MR) is 78.5 cm³/mol. The van der Waals surface area contributed by atoms with Crippen LogP contribution in [0.3, 0.4) is 0 Å². The van der Waals surface area contributed by atoms with Crippen LogP contribution in [0.2, 0.25) is 0 Å². The van der Waals surface area contributed by atoms with E-state index in [-0.39, 0.29) is 0 Å². The van der Waals surface area contributed by atoms with Crippen LogP contribution in [-0.4, -0.2) is 43.4 Å². The minimum absolute atomic E-state index is 0.530. The largest absolute Gasteiger partial charge is 0.368 e. The molecule has 0 N–H and O–H groups in total. The second-order valence-corrected chi connectivity index (χ2v) is 5.66. The number of nitrogens with zero attached hydrogens (tertiary/aromatic N) is 2. The van der Waals surface area contributed by atoms with Crippen molar-refractivity contribution in [1.29, 1.82) is 0 Å². The third-order valence-electron chi connectivity index (χ3n) is 3.63. The summed E-state index contributed by atoms with van der Waals surface area (Å²) in [5.41, 5.74) is 1.82. The van der Waals surface area contributed by atoms with E-state index in [1.54, 1.807) is 0 Å². The second kappa shape index (κ2) is 5.85. The van der Waals surface area contributed by atoms with Crippen LogP contribution < -0.4 is 4.90 Å². The molecule has 1 aromatic carbocycles. The quantitative estimate of drug-likeness (QED) is 0.802. The van der Waals surface area contributed by atoms with Crippen molar-refractivity contribution in [1.82, 2.24) is 4.90 Å². The molecular weight excluding hydrogens is 292 g/mol. The van der Waals surface area contributed by atoms with Gasteiger partial charge in [-0.05, 0) is 31.7 Å². The smallest absolute Gasteiger partial charge is 0.152 e. The molecule has 1 aliphatic heterocycles. The first-order valence-corrected chi connectivity index (χ1v) is 7.18. The Morgan fingerprint density at radius 3 is 2.83 bits per heavy atom. The van der Waals surface area contributed by atoms with Gasteiger partial charge in [0.2, 0.25) is 0 Å². The summed E-state index contributed by atoms with van der Waals surface area (Å²) in [6.45, 7) is 8.55. The van der Waals surface area contributed by atoms with Crippen LogP contribution in [-0.2, 0) is 0 Å². The van der Waals surface area contributed by atoms with Gasteiger partial charge >= 0.3 is 0 Å². The standard InChI is InChI=1S/C14H19BrN2O/c1-3-16-6-7-17(9-11(16)2)14-8-13(15)5-4-12(14)10-18/h4-5,8,10-11H,3,6-7,9H2,1-2H3. The van der Waals surface area contributed by atoms with Crippen LogP contribution in [0.4, 0.5) is 5.69 Å². The van der Waals surface area contributed by atoms with Crippen LogP contribution in [0.1, 0.15) is 24.2 Å². The Morgan fingerprint density at radius 1 is 1.44 bits per heavy atom. The van der Waals surface area contributed by atoms with Crippen LogP contribution >= 0.6 is 15.9 Å². The number of rotatable bonds is 3. The van der Waals surface area contributed by atoms with Crippen molar-refractivity contribution < 1.29 is 4.79 Å². The lowest BCUT2D eigenvalue weighted by molar-refractivity contribution is 0.112. The summed E-state index contributed by atoms with van der Waals surface area (Å²) in [5.74, 6) is 0. The molecular formula is C14H19BrN2O. The molecule has 2 rings (SSSR count). The molecule has 1 unspecified atom stereocenters. The van der Waals surface area contributed by atoms with E-state index in [2.05, 4.69) is 39.6 Å². The summed E-state index contributed by atoms with van der Waals surface area (Å²) in [7, 11) is 0. The van der Waals surface area contributed by atoms with Gasteiger partial charge in [0.15, 0.2) is 6.29 Å². The van der Waals surface area contributed by atoms with Crippen LogP contribution in [0.5, 0.6) is 0 Å². The zero-order valence-corrected chi connectivity index (χ0v) is 12.5. The summed E-state index contributed by atoms with van der Waals surface area (Å²) in [5, 5.41) is 0. The monoisotopic (exact) mass is 310 g/mol. The number of hydrogen-bond acceptors (Lipinski definition) is 3. The van der Waals surface area contributed by atoms with Gasteiger partial charge in [-0.1, -0.05) is 22.9 Å². The molecule has 1 fully saturated rings. The van der Waals surface area contributed by atoms with Crippen molar-refractivity contribution in [2.75, 3.05) is 31.1 Å². The molecule has 0 bridgehead atoms. The Morgan fingerprint density at radius 2 is 2.22 bits per heavy atom. The summed E-state index contributed by atoms with van der Waals surface area (Å²) in [6, 6.07) is 6.36. The van der Waals surface area contributed by atoms with Crippen molar-refractivity contribution in [3.8, 4) is 0 Å². The molecule has 3 nitrogen and oxygen atoms in total. The molecule has 1 saturated heterocycles. The molecule has 0 amide bonds. The number of piperazine rings is 1. The highest BCUT2D eigenvalue weighted by atomic mass is 79.9. The highest BCUT2D eigenvalue weighted by molar-refractivity contribution is 9.10. The van der Waals surface area contributed by atoms with Crippen LogP contribution in [0, 0.1) is 0 Å². The summed E-state index contributed by atoms with van der Waals surface area (Å²) in [4.78, 5) is 15.9. The number of likely N-dealkylation sites (N-methyl/N-ethyl adjacent to an activating group) is 1. The lowest BCUT2D eigenvalue weighted by Gasteiger charge is -2.41. The number of anilines is 1. The molecule has 1 heterocycles. The van der Waals surface area contributed by atoms with Gasteiger partial charge in [0, 0.05) is 41.4 Å². The lowest BCUT2D eigenvalue weighted by Crippen LogP contribution is -2.52. The van der Waals surface area contributed by atoms with Gasteiger partial charge < -0.3 is 4.90 Å². The average Bonchev–Trinajstić information content (AvgIpc) is 2.38. The maximum absolute atomic E-state index is 11.1. The van der Waals surface area contributed by atoms with E-state index in [0.29, 0.717) is 6.04 Å². The van der Waals surface area contributed by atoms with Crippen LogP contribution in [0.15, 0.2) is 22.7 Å². The molecule has 1 aliphatic rings. The van der Waals surface area contributed by atoms with Gasteiger partial charge in [0.25, 0.3) is 0 Å².